The minimum absolute atomic E-state index is 0.0374. The molecular formula is C29H26F3N3O6S. The second-order valence-electron chi connectivity index (χ2n) is 9.04. The van der Waals surface area contributed by atoms with Gasteiger partial charge in [0.25, 0.3) is 5.91 Å². The molecule has 0 unspecified atom stereocenters. The highest BCUT2D eigenvalue weighted by molar-refractivity contribution is 7.80. The molecule has 0 spiro atoms. The number of rotatable bonds is 10. The van der Waals surface area contributed by atoms with E-state index in [1.54, 1.807) is 36.1 Å². The first-order chi connectivity index (χ1) is 20.0. The first-order valence-corrected chi connectivity index (χ1v) is 13.1. The molecule has 0 aliphatic carbocycles. The van der Waals surface area contributed by atoms with E-state index >= 15 is 0 Å². The third-order valence-corrected chi connectivity index (χ3v) is 6.63. The standard InChI is InChI=1S/C29H26F3N3O6S/c1-3-40-27(38)19-6-8-20(9-7-19)33-25(36)16-24-26(37)35(21-10-14-22(39-2)15-11-21)28(42)34(24)17-18-4-12-23(13-5-18)41-29(30,31)32/h4-15,24H,3,16-17H2,1-2H3,(H,33,36)/t24-/m0/s1. The number of esters is 1. The molecule has 4 rings (SSSR count). The number of hydrogen-bond acceptors (Lipinski definition) is 7. The summed E-state index contributed by atoms with van der Waals surface area (Å²) in [5, 5.41) is 2.84. The molecule has 1 saturated heterocycles. The lowest BCUT2D eigenvalue weighted by Gasteiger charge is -2.24. The van der Waals surface area contributed by atoms with E-state index in [1.807, 2.05) is 0 Å². The lowest BCUT2D eigenvalue weighted by atomic mass is 10.1. The summed E-state index contributed by atoms with van der Waals surface area (Å²) in [6, 6.07) is 16.9. The summed E-state index contributed by atoms with van der Waals surface area (Å²) < 4.78 is 51.8. The molecule has 0 saturated carbocycles. The number of nitrogens with zero attached hydrogens (tertiary/aromatic N) is 2. The second kappa shape index (κ2) is 12.9. The molecule has 3 aromatic rings. The summed E-state index contributed by atoms with van der Waals surface area (Å²) in [6.45, 7) is 1.96. The summed E-state index contributed by atoms with van der Waals surface area (Å²) in [5.41, 5.74) is 1.72. The van der Waals surface area contributed by atoms with Gasteiger partial charge in [0.1, 0.15) is 17.5 Å². The molecule has 2 amide bonds. The van der Waals surface area contributed by atoms with E-state index in [4.69, 9.17) is 21.7 Å². The van der Waals surface area contributed by atoms with Crippen LogP contribution in [-0.4, -0.2) is 53.9 Å². The maximum absolute atomic E-state index is 13.6. The highest BCUT2D eigenvalue weighted by Gasteiger charge is 2.44. The van der Waals surface area contributed by atoms with Gasteiger partial charge in [0, 0.05) is 12.2 Å². The van der Waals surface area contributed by atoms with Crippen LogP contribution in [0.5, 0.6) is 11.5 Å². The van der Waals surface area contributed by atoms with Crippen molar-refractivity contribution in [2.75, 3.05) is 23.9 Å². The summed E-state index contributed by atoms with van der Waals surface area (Å²) in [6.07, 6.45) is -5.11. The zero-order valence-electron chi connectivity index (χ0n) is 22.5. The van der Waals surface area contributed by atoms with Gasteiger partial charge in [0.2, 0.25) is 5.91 Å². The number of ether oxygens (including phenoxy) is 3. The third-order valence-electron chi connectivity index (χ3n) is 6.22. The number of alkyl halides is 3. The monoisotopic (exact) mass is 601 g/mol. The van der Waals surface area contributed by atoms with Crippen molar-refractivity contribution in [2.24, 2.45) is 0 Å². The third kappa shape index (κ3) is 7.35. The highest BCUT2D eigenvalue weighted by atomic mass is 32.1. The average Bonchev–Trinajstić information content (AvgIpc) is 3.17. The maximum Gasteiger partial charge on any atom is 0.573 e. The normalized spacial score (nSPS) is 15.0. The number of methoxy groups -OCH3 is 1. The molecule has 1 atom stereocenters. The molecule has 0 radical (unpaired) electrons. The number of benzene rings is 3. The van der Waals surface area contributed by atoms with E-state index in [0.717, 1.165) is 12.1 Å². The molecule has 1 N–H and O–H groups in total. The van der Waals surface area contributed by atoms with Gasteiger partial charge >= 0.3 is 12.3 Å². The molecule has 0 aromatic heterocycles. The number of hydrogen-bond donors (Lipinski definition) is 1. The average molecular weight is 602 g/mol. The van der Waals surface area contributed by atoms with Crippen LogP contribution in [-0.2, 0) is 20.9 Å². The molecule has 220 valence electrons. The van der Waals surface area contributed by atoms with Crippen molar-refractivity contribution in [3.05, 3.63) is 83.9 Å². The number of thiocarbonyl (C=S) groups is 1. The van der Waals surface area contributed by atoms with Crippen molar-refractivity contribution in [3.63, 3.8) is 0 Å². The molecular weight excluding hydrogens is 575 g/mol. The maximum atomic E-state index is 13.6. The van der Waals surface area contributed by atoms with Gasteiger partial charge in [-0.2, -0.15) is 0 Å². The Morgan fingerprint density at radius 2 is 1.57 bits per heavy atom. The summed E-state index contributed by atoms with van der Waals surface area (Å²) in [7, 11) is 1.51. The number of halogens is 3. The van der Waals surface area contributed by atoms with E-state index in [2.05, 4.69) is 10.1 Å². The van der Waals surface area contributed by atoms with Crippen molar-refractivity contribution in [1.82, 2.24) is 4.90 Å². The van der Waals surface area contributed by atoms with Gasteiger partial charge in [0.05, 0.1) is 31.4 Å². The van der Waals surface area contributed by atoms with Crippen molar-refractivity contribution in [2.45, 2.75) is 32.3 Å². The van der Waals surface area contributed by atoms with Crippen LogP contribution in [0.2, 0.25) is 0 Å². The SMILES string of the molecule is CCOC(=O)c1ccc(NC(=O)C[C@H]2C(=O)N(c3ccc(OC)cc3)C(=S)N2Cc2ccc(OC(F)(F)F)cc2)cc1. The predicted molar refractivity (Wildman–Crippen MR) is 151 cm³/mol. The molecule has 42 heavy (non-hydrogen) atoms. The number of nitrogens with one attached hydrogen (secondary N) is 1. The van der Waals surface area contributed by atoms with Crippen molar-refractivity contribution in [3.8, 4) is 11.5 Å². The van der Waals surface area contributed by atoms with E-state index in [0.29, 0.717) is 28.3 Å². The van der Waals surface area contributed by atoms with Gasteiger partial charge in [-0.15, -0.1) is 13.2 Å². The van der Waals surface area contributed by atoms with Crippen LogP contribution in [0.3, 0.4) is 0 Å². The first kappa shape index (κ1) is 30.3. The fraction of sp³-hybridized carbons (Fsp3) is 0.241. The van der Waals surface area contributed by atoms with Crippen LogP contribution in [0.25, 0.3) is 0 Å². The Bertz CT molecular complexity index is 1450. The van der Waals surface area contributed by atoms with Gasteiger partial charge in [0.15, 0.2) is 5.11 Å². The lowest BCUT2D eigenvalue weighted by Crippen LogP contribution is -2.37. The molecule has 1 heterocycles. The Labute approximate surface area is 244 Å². The van der Waals surface area contributed by atoms with Gasteiger partial charge < -0.3 is 24.4 Å². The van der Waals surface area contributed by atoms with Crippen LogP contribution in [0, 0.1) is 0 Å². The largest absolute Gasteiger partial charge is 0.573 e. The Hall–Kier alpha value is -4.65. The van der Waals surface area contributed by atoms with Crippen LogP contribution < -0.4 is 19.7 Å². The van der Waals surface area contributed by atoms with E-state index in [9.17, 15) is 27.6 Å². The van der Waals surface area contributed by atoms with Crippen molar-refractivity contribution in [1.29, 1.82) is 0 Å². The smallest absolute Gasteiger partial charge is 0.497 e. The summed E-state index contributed by atoms with van der Waals surface area (Å²) in [4.78, 5) is 41.4. The molecule has 1 aliphatic rings. The summed E-state index contributed by atoms with van der Waals surface area (Å²) >= 11 is 5.65. The second-order valence-corrected chi connectivity index (χ2v) is 9.40. The Morgan fingerprint density at radius 1 is 0.952 bits per heavy atom. The minimum Gasteiger partial charge on any atom is -0.497 e. The molecule has 1 fully saturated rings. The van der Waals surface area contributed by atoms with Crippen LogP contribution in [0.1, 0.15) is 29.3 Å². The molecule has 9 nitrogen and oxygen atoms in total. The van der Waals surface area contributed by atoms with E-state index in [1.165, 1.54) is 48.4 Å². The van der Waals surface area contributed by atoms with Gasteiger partial charge in [-0.3, -0.25) is 14.5 Å². The topological polar surface area (TPSA) is 97.4 Å². The predicted octanol–water partition coefficient (Wildman–Crippen LogP) is 5.30. The quantitative estimate of drug-likeness (QED) is 0.247. The summed E-state index contributed by atoms with van der Waals surface area (Å²) in [5.74, 6) is -1.26. The Kier molecular flexibility index (Phi) is 9.31. The van der Waals surface area contributed by atoms with Gasteiger partial charge in [-0.1, -0.05) is 12.1 Å². The molecule has 3 aromatic carbocycles. The van der Waals surface area contributed by atoms with Crippen molar-refractivity contribution < 1.29 is 41.8 Å². The Balaban J connectivity index is 1.54. The zero-order chi connectivity index (χ0) is 30.4. The molecule has 0 bridgehead atoms. The fourth-order valence-electron chi connectivity index (χ4n) is 4.27. The molecule has 1 aliphatic heterocycles. The number of anilines is 2. The number of carbonyl (C=O) groups is 3. The highest BCUT2D eigenvalue weighted by Crippen LogP contribution is 2.31. The number of carbonyl (C=O) groups excluding carboxylic acids is 3. The molecule has 13 heteroatoms. The van der Waals surface area contributed by atoms with Crippen molar-refractivity contribution >= 4 is 46.5 Å². The van der Waals surface area contributed by atoms with Crippen LogP contribution >= 0.6 is 12.2 Å². The van der Waals surface area contributed by atoms with Gasteiger partial charge in [-0.05, 0) is 85.4 Å². The first-order valence-electron chi connectivity index (χ1n) is 12.7. The minimum atomic E-state index is -4.83. The van der Waals surface area contributed by atoms with E-state index in [-0.39, 0.29) is 24.7 Å². The fourth-order valence-corrected chi connectivity index (χ4v) is 4.65. The lowest BCUT2D eigenvalue weighted by molar-refractivity contribution is -0.274. The Morgan fingerprint density at radius 3 is 2.14 bits per heavy atom. The van der Waals surface area contributed by atoms with E-state index < -0.39 is 35.9 Å². The van der Waals surface area contributed by atoms with Crippen LogP contribution in [0.15, 0.2) is 72.8 Å². The van der Waals surface area contributed by atoms with Gasteiger partial charge in [-0.25, -0.2) is 4.79 Å². The zero-order valence-corrected chi connectivity index (χ0v) is 23.3. The van der Waals surface area contributed by atoms with Crippen LogP contribution in [0.4, 0.5) is 24.5 Å². The number of amides is 2.